The van der Waals surface area contributed by atoms with E-state index in [1.165, 1.54) is 6.07 Å². The van der Waals surface area contributed by atoms with Crippen LogP contribution in [0.1, 0.15) is 16.7 Å². The van der Waals surface area contributed by atoms with Crippen molar-refractivity contribution in [2.45, 2.75) is 20.0 Å². The molecule has 6 nitrogen and oxygen atoms in total. The molecule has 10 rings (SSSR count). The highest BCUT2D eigenvalue weighted by molar-refractivity contribution is 5.95. The number of benzene rings is 7. The molecule has 3 aromatic heterocycles. The van der Waals surface area contributed by atoms with Crippen LogP contribution < -0.4 is 0 Å². The van der Waals surface area contributed by atoms with Crippen LogP contribution in [-0.2, 0) is 6.18 Å². The number of nitrogens with zero attached hydrogens (tertiary/aromatic N) is 6. The van der Waals surface area contributed by atoms with Gasteiger partial charge in [0.15, 0.2) is 0 Å². The third-order valence-electron chi connectivity index (χ3n) is 10.5. The molecule has 3 heterocycles. The van der Waals surface area contributed by atoms with E-state index in [1.807, 2.05) is 153 Å². The lowest BCUT2D eigenvalue weighted by Gasteiger charge is -2.17. The fraction of sp³-hybridized carbons (Fsp3) is 0.0588. The molecule has 0 amide bonds. The van der Waals surface area contributed by atoms with Crippen LogP contribution in [0.2, 0.25) is 0 Å². The summed E-state index contributed by atoms with van der Waals surface area (Å²) in [7, 11) is 0. The molecule has 0 aliphatic rings. The summed E-state index contributed by atoms with van der Waals surface area (Å²) in [5.41, 5.74) is 12.9. The maximum Gasteiger partial charge on any atom is 0.416 e. The van der Waals surface area contributed by atoms with Crippen LogP contribution in [0.15, 0.2) is 164 Å². The highest BCUT2D eigenvalue weighted by atomic mass is 19.4. The lowest BCUT2D eigenvalue weighted by atomic mass is 9.93. The van der Waals surface area contributed by atoms with Crippen LogP contribution in [0.25, 0.3) is 101 Å². The zero-order valence-corrected chi connectivity index (χ0v) is 32.4. The Morgan fingerprint density at radius 1 is 0.300 bits per heavy atom. The third-order valence-corrected chi connectivity index (χ3v) is 10.5. The number of rotatable bonds is 6. The van der Waals surface area contributed by atoms with Crippen LogP contribution in [0, 0.1) is 13.8 Å². The molecule has 0 bridgehead atoms. The molecule has 0 aliphatic heterocycles. The molecule has 0 radical (unpaired) electrons. The Labute approximate surface area is 343 Å². The lowest BCUT2D eigenvalue weighted by Crippen LogP contribution is -2.05. The van der Waals surface area contributed by atoms with Gasteiger partial charge < -0.3 is 0 Å². The average Bonchev–Trinajstić information content (AvgIpc) is 3.28. The van der Waals surface area contributed by atoms with Gasteiger partial charge in [-0.15, -0.1) is 0 Å². The van der Waals surface area contributed by atoms with E-state index in [2.05, 4.69) is 6.07 Å². The number of hydrogen-bond acceptors (Lipinski definition) is 6. The standard InChI is InChI=1S/C51H33F3N6/c1-30-18-21-39-42(24-30)58-45(32-12-6-3-7-13-32)48(55-39)35-26-36(49-46(33-14-8-4-9-15-33)59-43-25-31(2)19-22-40(43)56-49)28-37(27-35)50-47(34-16-10-5-11-17-34)60-44-29-38(51(52,53)54)20-23-41(44)57-50/h3-29H,1-2H3. The van der Waals surface area contributed by atoms with Gasteiger partial charge >= 0.3 is 6.18 Å². The Morgan fingerprint density at radius 2 is 0.600 bits per heavy atom. The molecule has 0 saturated heterocycles. The lowest BCUT2D eigenvalue weighted by molar-refractivity contribution is -0.137. The quantitative estimate of drug-likeness (QED) is 0.167. The molecule has 10 aromatic rings. The molecule has 0 fully saturated rings. The van der Waals surface area contributed by atoms with Crippen molar-refractivity contribution in [3.8, 4) is 67.5 Å². The fourth-order valence-electron chi connectivity index (χ4n) is 7.59. The van der Waals surface area contributed by atoms with Gasteiger partial charge in [-0.1, -0.05) is 103 Å². The zero-order chi connectivity index (χ0) is 41.0. The van der Waals surface area contributed by atoms with Crippen molar-refractivity contribution < 1.29 is 13.2 Å². The van der Waals surface area contributed by atoms with E-state index in [9.17, 15) is 13.2 Å². The van der Waals surface area contributed by atoms with Gasteiger partial charge in [0.1, 0.15) is 0 Å². The molecular weight excluding hydrogens is 754 g/mol. The number of alkyl halides is 3. The van der Waals surface area contributed by atoms with Crippen molar-refractivity contribution in [1.29, 1.82) is 0 Å². The molecule has 7 aromatic carbocycles. The highest BCUT2D eigenvalue weighted by Crippen LogP contribution is 2.41. The summed E-state index contributed by atoms with van der Waals surface area (Å²) >= 11 is 0. The predicted molar refractivity (Wildman–Crippen MR) is 233 cm³/mol. The molecule has 60 heavy (non-hydrogen) atoms. The highest BCUT2D eigenvalue weighted by Gasteiger charge is 2.31. The summed E-state index contributed by atoms with van der Waals surface area (Å²) in [6.07, 6.45) is -4.54. The predicted octanol–water partition coefficient (Wildman–Crippen LogP) is 13.2. The summed E-state index contributed by atoms with van der Waals surface area (Å²) < 4.78 is 41.9. The van der Waals surface area contributed by atoms with Crippen LogP contribution in [-0.4, -0.2) is 29.9 Å². The van der Waals surface area contributed by atoms with Gasteiger partial charge in [-0.25, -0.2) is 29.9 Å². The first-order chi connectivity index (χ1) is 29.1. The summed E-state index contributed by atoms with van der Waals surface area (Å²) in [6, 6.07) is 50.9. The second kappa shape index (κ2) is 14.6. The maximum atomic E-state index is 14.0. The normalized spacial score (nSPS) is 11.8. The average molecular weight is 787 g/mol. The summed E-state index contributed by atoms with van der Waals surface area (Å²) in [5, 5.41) is 0. The maximum absolute atomic E-state index is 14.0. The van der Waals surface area contributed by atoms with Crippen molar-refractivity contribution in [2.75, 3.05) is 0 Å². The van der Waals surface area contributed by atoms with Gasteiger partial charge in [0, 0.05) is 33.4 Å². The van der Waals surface area contributed by atoms with Gasteiger partial charge in [0.25, 0.3) is 0 Å². The Balaban J connectivity index is 1.31. The topological polar surface area (TPSA) is 77.3 Å². The second-order valence-corrected chi connectivity index (χ2v) is 14.8. The van der Waals surface area contributed by atoms with Crippen molar-refractivity contribution in [3.05, 3.63) is 180 Å². The molecule has 0 spiro atoms. The minimum absolute atomic E-state index is 0.132. The van der Waals surface area contributed by atoms with Crippen molar-refractivity contribution in [2.24, 2.45) is 0 Å². The number of halogens is 3. The smallest absolute Gasteiger partial charge is 0.244 e. The molecule has 0 N–H and O–H groups in total. The number of fused-ring (bicyclic) bond motifs is 3. The van der Waals surface area contributed by atoms with Crippen LogP contribution in [0.3, 0.4) is 0 Å². The Kier molecular flexibility index (Phi) is 8.94. The summed E-state index contributed by atoms with van der Waals surface area (Å²) in [5.74, 6) is 0. The van der Waals surface area contributed by atoms with E-state index in [1.54, 1.807) is 0 Å². The number of aryl methyl sites for hydroxylation is 2. The Hall–Kier alpha value is -7.65. The van der Waals surface area contributed by atoms with E-state index in [4.69, 9.17) is 29.9 Å². The van der Waals surface area contributed by atoms with Gasteiger partial charge in [-0.05, 0) is 85.6 Å². The minimum atomic E-state index is -4.54. The van der Waals surface area contributed by atoms with E-state index >= 15 is 0 Å². The third kappa shape index (κ3) is 6.90. The molecule has 0 unspecified atom stereocenters. The number of hydrogen-bond donors (Lipinski definition) is 0. The van der Waals surface area contributed by atoms with Crippen molar-refractivity contribution in [3.63, 3.8) is 0 Å². The molecule has 9 heteroatoms. The Bertz CT molecular complexity index is 3120. The van der Waals surface area contributed by atoms with Gasteiger partial charge in [0.05, 0.1) is 72.8 Å². The van der Waals surface area contributed by atoms with Gasteiger partial charge in [0.2, 0.25) is 0 Å². The first kappa shape index (κ1) is 36.7. The summed E-state index contributed by atoms with van der Waals surface area (Å²) in [6.45, 7) is 4.06. The number of aromatic nitrogens is 6. The van der Waals surface area contributed by atoms with E-state index in [0.717, 1.165) is 67.6 Å². The van der Waals surface area contributed by atoms with Crippen LogP contribution >= 0.6 is 0 Å². The SMILES string of the molecule is Cc1ccc2nc(-c3cc(-c4nc5ccc(C)cc5nc4-c4ccccc4)cc(-c4nc5ccc(C(F)(F)F)cc5nc4-c4ccccc4)c3)c(-c3ccccc3)nc2c1. The molecule has 288 valence electrons. The van der Waals surface area contributed by atoms with E-state index in [-0.39, 0.29) is 5.52 Å². The molecule has 0 saturated carbocycles. The minimum Gasteiger partial charge on any atom is -0.244 e. The second-order valence-electron chi connectivity index (χ2n) is 14.8. The largest absolute Gasteiger partial charge is 0.416 e. The van der Waals surface area contributed by atoms with Gasteiger partial charge in [-0.3, -0.25) is 0 Å². The Morgan fingerprint density at radius 3 is 0.950 bits per heavy atom. The monoisotopic (exact) mass is 786 g/mol. The molecule has 0 atom stereocenters. The van der Waals surface area contributed by atoms with E-state index < -0.39 is 11.7 Å². The van der Waals surface area contributed by atoms with Crippen LogP contribution in [0.5, 0.6) is 0 Å². The molecular formula is C51H33F3N6. The van der Waals surface area contributed by atoms with E-state index in [0.29, 0.717) is 50.8 Å². The zero-order valence-electron chi connectivity index (χ0n) is 32.4. The van der Waals surface area contributed by atoms with Crippen molar-refractivity contribution >= 4 is 33.1 Å². The molecule has 0 aliphatic carbocycles. The summed E-state index contributed by atoms with van der Waals surface area (Å²) in [4.78, 5) is 31.0. The van der Waals surface area contributed by atoms with Crippen molar-refractivity contribution in [1.82, 2.24) is 29.9 Å². The first-order valence-corrected chi connectivity index (χ1v) is 19.4. The fourth-order valence-corrected chi connectivity index (χ4v) is 7.59. The van der Waals surface area contributed by atoms with Gasteiger partial charge in [-0.2, -0.15) is 13.2 Å². The first-order valence-electron chi connectivity index (χ1n) is 19.4. The van der Waals surface area contributed by atoms with Crippen LogP contribution in [0.4, 0.5) is 13.2 Å².